The lowest BCUT2D eigenvalue weighted by atomic mass is 9.86. The maximum Gasteiger partial charge on any atom is 0.312 e. The zero-order valence-electron chi connectivity index (χ0n) is 30.7. The second-order valence-corrected chi connectivity index (χ2v) is 14.8. The number of carbonyl (C=O) groups excluding carboxylic acids is 3. The first-order valence-electron chi connectivity index (χ1n) is 19.6. The number of nitrogens with zero attached hydrogens (tertiary/aromatic N) is 1. The Morgan fingerprint density at radius 2 is 1.41 bits per heavy atom. The van der Waals surface area contributed by atoms with Gasteiger partial charge in [-0.1, -0.05) is 95.8 Å². The predicted molar refractivity (Wildman–Crippen MR) is 203 cm³/mol. The molecule has 1 aromatic carbocycles. The SMILES string of the molecule is CCCN(CCc1cccs1)[C@@H]1CCc2c(cccc2OC(=O)CCNC(=O)CCCCCCCCCCCCCCCC(=O)NCC)C1. The van der Waals surface area contributed by atoms with Gasteiger partial charge in [0, 0.05) is 43.4 Å². The average Bonchev–Trinajstić information content (AvgIpc) is 3.62. The lowest BCUT2D eigenvalue weighted by molar-refractivity contribution is -0.134. The molecule has 1 atom stereocenters. The zero-order chi connectivity index (χ0) is 34.9. The third kappa shape index (κ3) is 17.2. The molecule has 1 heterocycles. The molecule has 8 heteroatoms. The Labute approximate surface area is 301 Å². The van der Waals surface area contributed by atoms with E-state index in [4.69, 9.17) is 4.74 Å². The molecule has 49 heavy (non-hydrogen) atoms. The number of ether oxygens (including phenoxy) is 1. The number of rotatable bonds is 27. The summed E-state index contributed by atoms with van der Waals surface area (Å²) in [5.41, 5.74) is 2.46. The summed E-state index contributed by atoms with van der Waals surface area (Å²) in [6.45, 7) is 7.46. The van der Waals surface area contributed by atoms with Crippen LogP contribution in [0.2, 0.25) is 0 Å². The molecule has 0 saturated carbocycles. The molecule has 0 saturated heterocycles. The van der Waals surface area contributed by atoms with Crippen molar-refractivity contribution in [2.24, 2.45) is 0 Å². The number of benzene rings is 1. The van der Waals surface area contributed by atoms with Gasteiger partial charge in [0.2, 0.25) is 11.8 Å². The summed E-state index contributed by atoms with van der Waals surface area (Å²) in [6, 6.07) is 11.0. The highest BCUT2D eigenvalue weighted by molar-refractivity contribution is 7.09. The van der Waals surface area contributed by atoms with Gasteiger partial charge >= 0.3 is 5.97 Å². The number of unbranched alkanes of at least 4 members (excludes halogenated alkanes) is 12. The lowest BCUT2D eigenvalue weighted by Crippen LogP contribution is -2.41. The van der Waals surface area contributed by atoms with Crippen molar-refractivity contribution in [3.8, 4) is 5.75 Å². The van der Waals surface area contributed by atoms with Crippen LogP contribution in [0.1, 0.15) is 145 Å². The van der Waals surface area contributed by atoms with Crippen LogP contribution >= 0.6 is 11.3 Å². The molecular formula is C41H65N3O4S. The van der Waals surface area contributed by atoms with E-state index in [0.717, 1.165) is 77.4 Å². The lowest BCUT2D eigenvalue weighted by Gasteiger charge is -2.35. The largest absolute Gasteiger partial charge is 0.426 e. The highest BCUT2D eigenvalue weighted by Gasteiger charge is 2.26. The molecule has 7 nitrogen and oxygen atoms in total. The van der Waals surface area contributed by atoms with Gasteiger partial charge in [-0.2, -0.15) is 0 Å². The minimum Gasteiger partial charge on any atom is -0.426 e. The zero-order valence-corrected chi connectivity index (χ0v) is 31.5. The number of fused-ring (bicyclic) bond motifs is 1. The van der Waals surface area contributed by atoms with Crippen LogP contribution in [0.3, 0.4) is 0 Å². The van der Waals surface area contributed by atoms with E-state index in [-0.39, 0.29) is 24.2 Å². The Hall–Kier alpha value is -2.71. The van der Waals surface area contributed by atoms with Gasteiger partial charge in [0.25, 0.3) is 0 Å². The fourth-order valence-corrected chi connectivity index (χ4v) is 7.70. The maximum atomic E-state index is 12.7. The summed E-state index contributed by atoms with van der Waals surface area (Å²) < 4.78 is 5.82. The minimum absolute atomic E-state index is 0.0240. The molecule has 2 amide bonds. The summed E-state index contributed by atoms with van der Waals surface area (Å²) in [6.07, 6.45) is 22.2. The Bertz CT molecular complexity index is 1200. The van der Waals surface area contributed by atoms with Crippen LogP contribution in [0.15, 0.2) is 35.7 Å². The fourth-order valence-electron chi connectivity index (χ4n) is 7.00. The summed E-state index contributed by atoms with van der Waals surface area (Å²) >= 11 is 1.84. The second kappa shape index (κ2) is 25.3. The molecule has 0 unspecified atom stereocenters. The van der Waals surface area contributed by atoms with Gasteiger partial charge in [0.05, 0.1) is 6.42 Å². The summed E-state index contributed by atoms with van der Waals surface area (Å²) in [7, 11) is 0. The Kier molecular flexibility index (Phi) is 21.0. The van der Waals surface area contributed by atoms with Crippen molar-refractivity contribution < 1.29 is 19.1 Å². The van der Waals surface area contributed by atoms with E-state index in [9.17, 15) is 14.4 Å². The molecule has 0 bridgehead atoms. The predicted octanol–water partition coefficient (Wildman–Crippen LogP) is 8.96. The summed E-state index contributed by atoms with van der Waals surface area (Å²) in [4.78, 5) is 40.5. The molecule has 0 radical (unpaired) electrons. The number of esters is 1. The molecule has 2 aromatic rings. The van der Waals surface area contributed by atoms with Crippen molar-refractivity contribution in [3.63, 3.8) is 0 Å². The number of amides is 2. The van der Waals surface area contributed by atoms with Crippen molar-refractivity contribution in [1.82, 2.24) is 15.5 Å². The Morgan fingerprint density at radius 3 is 2.00 bits per heavy atom. The van der Waals surface area contributed by atoms with Crippen LogP contribution in [-0.2, 0) is 33.6 Å². The van der Waals surface area contributed by atoms with Crippen LogP contribution < -0.4 is 15.4 Å². The van der Waals surface area contributed by atoms with E-state index < -0.39 is 0 Å². The standard InChI is InChI=1S/C41H65N3O4S/c1-3-30-44(31-28-36-21-19-32-49-36)35-25-26-37-34(33-35)20-18-22-38(37)48-41(47)27-29-43-40(46)24-17-15-13-11-9-7-5-6-8-10-12-14-16-23-39(45)42-4-2/h18-22,32,35H,3-17,23-31,33H2,1-2H3,(H,42,45)(H,43,46)/t35-/m1/s1. The van der Waals surface area contributed by atoms with Crippen LogP contribution in [-0.4, -0.2) is 54.9 Å². The van der Waals surface area contributed by atoms with Gasteiger partial charge in [-0.05, 0) is 87.1 Å². The van der Waals surface area contributed by atoms with Crippen molar-refractivity contribution in [1.29, 1.82) is 0 Å². The highest BCUT2D eigenvalue weighted by atomic mass is 32.1. The van der Waals surface area contributed by atoms with E-state index in [2.05, 4.69) is 46.0 Å². The van der Waals surface area contributed by atoms with Gasteiger partial charge < -0.3 is 15.4 Å². The van der Waals surface area contributed by atoms with E-state index in [1.165, 1.54) is 73.8 Å². The van der Waals surface area contributed by atoms with Gasteiger partial charge in [0.15, 0.2) is 0 Å². The van der Waals surface area contributed by atoms with Crippen molar-refractivity contribution in [3.05, 3.63) is 51.7 Å². The van der Waals surface area contributed by atoms with Crippen LogP contribution in [0.5, 0.6) is 5.75 Å². The van der Waals surface area contributed by atoms with E-state index in [1.54, 1.807) is 0 Å². The van der Waals surface area contributed by atoms with Crippen LogP contribution in [0.4, 0.5) is 0 Å². The first-order valence-corrected chi connectivity index (χ1v) is 20.5. The molecule has 274 valence electrons. The number of nitrogens with one attached hydrogen (secondary N) is 2. The number of hydrogen-bond donors (Lipinski definition) is 2. The maximum absolute atomic E-state index is 12.7. The normalized spacial score (nSPS) is 14.1. The molecule has 2 N–H and O–H groups in total. The quantitative estimate of drug-likeness (QED) is 0.0554. The van der Waals surface area contributed by atoms with E-state index in [0.29, 0.717) is 31.2 Å². The first-order chi connectivity index (χ1) is 24.0. The second-order valence-electron chi connectivity index (χ2n) is 13.8. The Balaban J connectivity index is 1.18. The molecule has 0 aliphatic heterocycles. The van der Waals surface area contributed by atoms with Gasteiger partial charge in [-0.15, -0.1) is 11.3 Å². The fraction of sp³-hybridized carbons (Fsp3) is 0.683. The van der Waals surface area contributed by atoms with Gasteiger partial charge in [-0.3, -0.25) is 19.3 Å². The highest BCUT2D eigenvalue weighted by Crippen LogP contribution is 2.32. The average molecular weight is 696 g/mol. The third-order valence-electron chi connectivity index (χ3n) is 9.72. The molecule has 1 aromatic heterocycles. The van der Waals surface area contributed by atoms with Crippen LogP contribution in [0, 0.1) is 0 Å². The molecule has 0 fully saturated rings. The topological polar surface area (TPSA) is 87.7 Å². The molecule has 1 aliphatic carbocycles. The third-order valence-corrected chi connectivity index (χ3v) is 10.7. The molecule has 0 spiro atoms. The van der Waals surface area contributed by atoms with Crippen molar-refractivity contribution in [2.75, 3.05) is 26.2 Å². The monoisotopic (exact) mass is 695 g/mol. The van der Waals surface area contributed by atoms with E-state index in [1.807, 2.05) is 30.4 Å². The Morgan fingerprint density at radius 1 is 0.776 bits per heavy atom. The molecular weight excluding hydrogens is 631 g/mol. The number of thiophene rings is 1. The van der Waals surface area contributed by atoms with Crippen molar-refractivity contribution in [2.45, 2.75) is 155 Å². The van der Waals surface area contributed by atoms with Gasteiger partial charge in [0.1, 0.15) is 5.75 Å². The number of carbonyl (C=O) groups is 3. The first kappa shape index (κ1) is 40.7. The smallest absolute Gasteiger partial charge is 0.312 e. The van der Waals surface area contributed by atoms with Crippen molar-refractivity contribution >= 4 is 29.1 Å². The van der Waals surface area contributed by atoms with E-state index >= 15 is 0 Å². The molecule has 3 rings (SSSR count). The summed E-state index contributed by atoms with van der Waals surface area (Å²) in [5, 5.41) is 7.92. The number of hydrogen-bond acceptors (Lipinski definition) is 6. The van der Waals surface area contributed by atoms with Gasteiger partial charge in [-0.25, -0.2) is 0 Å². The van der Waals surface area contributed by atoms with Crippen LogP contribution in [0.25, 0.3) is 0 Å². The minimum atomic E-state index is -0.285. The summed E-state index contributed by atoms with van der Waals surface area (Å²) in [5.74, 6) is 0.614. The molecule has 1 aliphatic rings.